The van der Waals surface area contributed by atoms with Gasteiger partial charge in [-0.3, -0.25) is 9.69 Å². The molecular weight excluding hydrogens is 408 g/mol. The molecule has 1 saturated heterocycles. The number of carbonyl (C=O) groups is 1. The minimum atomic E-state index is -0.229. The van der Waals surface area contributed by atoms with Crippen molar-refractivity contribution in [2.75, 3.05) is 42.9 Å². The summed E-state index contributed by atoms with van der Waals surface area (Å²) in [7, 11) is 0. The zero-order chi connectivity index (χ0) is 21.0. The third-order valence-corrected chi connectivity index (χ3v) is 6.49. The van der Waals surface area contributed by atoms with Crippen LogP contribution in [0.2, 0.25) is 0 Å². The largest absolute Gasteiger partial charge is 0.459 e. The fraction of sp³-hybridized carbons (Fsp3) is 0.250. The Bertz CT molecular complexity index is 1160. The van der Waals surface area contributed by atoms with Gasteiger partial charge >= 0.3 is 0 Å². The van der Waals surface area contributed by atoms with Gasteiger partial charge in [0, 0.05) is 43.8 Å². The third kappa shape index (κ3) is 4.47. The van der Waals surface area contributed by atoms with Gasteiger partial charge < -0.3 is 14.6 Å². The Labute approximate surface area is 185 Å². The van der Waals surface area contributed by atoms with Gasteiger partial charge in [0.2, 0.25) is 0 Å². The quantitative estimate of drug-likeness (QED) is 0.486. The van der Waals surface area contributed by atoms with E-state index in [2.05, 4.69) is 45.4 Å². The average Bonchev–Trinajstić information content (AvgIpc) is 3.49. The minimum Gasteiger partial charge on any atom is -0.459 e. The van der Waals surface area contributed by atoms with Crippen LogP contribution in [-0.4, -0.2) is 47.9 Å². The lowest BCUT2D eigenvalue weighted by Gasteiger charge is -2.35. The molecule has 6 nitrogen and oxygen atoms in total. The zero-order valence-electron chi connectivity index (χ0n) is 17.2. The molecule has 4 aromatic rings. The number of benzene rings is 2. The van der Waals surface area contributed by atoms with Gasteiger partial charge in [-0.15, -0.1) is 0 Å². The summed E-state index contributed by atoms with van der Waals surface area (Å²) in [4.78, 5) is 17.1. The molecule has 1 amide bonds. The van der Waals surface area contributed by atoms with Crippen LogP contribution in [0.4, 0.5) is 11.5 Å². The maximum Gasteiger partial charge on any atom is 0.291 e. The molecule has 1 aliphatic rings. The normalized spacial score (nSPS) is 14.8. The molecule has 0 radical (unpaired) electrons. The molecule has 1 aliphatic heterocycles. The van der Waals surface area contributed by atoms with Gasteiger partial charge in [0.05, 0.1) is 11.0 Å². The van der Waals surface area contributed by atoms with Crippen LogP contribution in [0.5, 0.6) is 0 Å². The van der Waals surface area contributed by atoms with Crippen LogP contribution in [0.3, 0.4) is 0 Å². The first-order chi connectivity index (χ1) is 15.3. The SMILES string of the molecule is O=C(Nc1cccc(CCN2CCN(c3nsc4ccccc34)CC2)c1)c1ccco1. The number of carbonyl (C=O) groups excluding carboxylic acids is 1. The van der Waals surface area contributed by atoms with Gasteiger partial charge in [-0.2, -0.15) is 4.37 Å². The Hall–Kier alpha value is -3.16. The molecule has 31 heavy (non-hydrogen) atoms. The zero-order valence-corrected chi connectivity index (χ0v) is 18.0. The number of fused-ring (bicyclic) bond motifs is 1. The van der Waals surface area contributed by atoms with Gasteiger partial charge in [0.25, 0.3) is 5.91 Å². The van der Waals surface area contributed by atoms with Gasteiger partial charge in [-0.1, -0.05) is 24.3 Å². The minimum absolute atomic E-state index is 0.229. The van der Waals surface area contributed by atoms with Crippen molar-refractivity contribution >= 4 is 39.0 Å². The van der Waals surface area contributed by atoms with Gasteiger partial charge in [0.1, 0.15) is 5.82 Å². The molecule has 158 valence electrons. The van der Waals surface area contributed by atoms with E-state index in [-0.39, 0.29) is 5.91 Å². The Morgan fingerprint density at radius 1 is 1.03 bits per heavy atom. The fourth-order valence-electron chi connectivity index (χ4n) is 3.98. The molecular formula is C24H24N4O2S. The highest BCUT2D eigenvalue weighted by molar-refractivity contribution is 7.13. The van der Waals surface area contributed by atoms with Crippen LogP contribution in [-0.2, 0) is 6.42 Å². The summed E-state index contributed by atoms with van der Waals surface area (Å²) in [6.07, 6.45) is 2.45. The average molecular weight is 433 g/mol. The van der Waals surface area contributed by atoms with Crippen molar-refractivity contribution in [3.05, 3.63) is 78.3 Å². The summed E-state index contributed by atoms with van der Waals surface area (Å²) >= 11 is 1.58. The fourth-order valence-corrected chi connectivity index (χ4v) is 4.77. The summed E-state index contributed by atoms with van der Waals surface area (Å²) in [5.74, 6) is 1.21. The van der Waals surface area contributed by atoms with E-state index in [0.29, 0.717) is 5.76 Å². The van der Waals surface area contributed by atoms with E-state index in [1.807, 2.05) is 18.2 Å². The monoisotopic (exact) mass is 432 g/mol. The Balaban J connectivity index is 1.14. The molecule has 0 atom stereocenters. The Kier molecular flexibility index (Phi) is 5.69. The second-order valence-electron chi connectivity index (χ2n) is 7.71. The topological polar surface area (TPSA) is 61.6 Å². The van der Waals surface area contributed by atoms with E-state index in [1.54, 1.807) is 23.7 Å². The second-order valence-corrected chi connectivity index (χ2v) is 8.52. The van der Waals surface area contributed by atoms with Crippen LogP contribution in [0.15, 0.2) is 71.3 Å². The molecule has 0 bridgehead atoms. The Morgan fingerprint density at radius 3 is 2.74 bits per heavy atom. The summed E-state index contributed by atoms with van der Waals surface area (Å²) in [6, 6.07) is 19.9. The van der Waals surface area contributed by atoms with Gasteiger partial charge in [0.15, 0.2) is 5.76 Å². The maximum atomic E-state index is 12.2. The molecule has 2 aromatic carbocycles. The number of aromatic nitrogens is 1. The number of hydrogen-bond acceptors (Lipinski definition) is 6. The van der Waals surface area contributed by atoms with Crippen molar-refractivity contribution in [3.63, 3.8) is 0 Å². The first-order valence-electron chi connectivity index (χ1n) is 10.5. The van der Waals surface area contributed by atoms with E-state index in [9.17, 15) is 4.79 Å². The van der Waals surface area contributed by atoms with Crippen molar-refractivity contribution in [2.45, 2.75) is 6.42 Å². The van der Waals surface area contributed by atoms with Crippen molar-refractivity contribution < 1.29 is 9.21 Å². The van der Waals surface area contributed by atoms with E-state index in [0.717, 1.165) is 50.6 Å². The Morgan fingerprint density at radius 2 is 1.90 bits per heavy atom. The third-order valence-electron chi connectivity index (χ3n) is 5.68. The van der Waals surface area contributed by atoms with Crippen LogP contribution < -0.4 is 10.2 Å². The number of furan rings is 1. The molecule has 0 saturated carbocycles. The standard InChI is InChI=1S/C24H24N4O2S/c29-24(21-8-4-16-30-21)25-19-6-3-5-18(17-19)10-11-27-12-14-28(15-13-27)23-20-7-1-2-9-22(20)31-26-23/h1-9,16-17H,10-15H2,(H,25,29). The number of nitrogens with one attached hydrogen (secondary N) is 1. The van der Waals surface area contributed by atoms with Crippen LogP contribution in [0, 0.1) is 0 Å². The number of amides is 1. The summed E-state index contributed by atoms with van der Waals surface area (Å²) in [5.41, 5.74) is 2.00. The molecule has 0 unspecified atom stereocenters. The van der Waals surface area contributed by atoms with E-state index >= 15 is 0 Å². The number of piperazine rings is 1. The summed E-state index contributed by atoms with van der Waals surface area (Å²) in [5, 5.41) is 4.16. The van der Waals surface area contributed by atoms with E-state index in [4.69, 9.17) is 8.79 Å². The van der Waals surface area contributed by atoms with Gasteiger partial charge in [-0.05, 0) is 59.9 Å². The molecule has 5 rings (SSSR count). The summed E-state index contributed by atoms with van der Waals surface area (Å²) < 4.78 is 11.1. The van der Waals surface area contributed by atoms with Crippen molar-refractivity contribution in [1.29, 1.82) is 0 Å². The first-order valence-corrected chi connectivity index (χ1v) is 11.3. The molecule has 1 N–H and O–H groups in total. The molecule has 0 aliphatic carbocycles. The lowest BCUT2D eigenvalue weighted by Crippen LogP contribution is -2.47. The van der Waals surface area contributed by atoms with Gasteiger partial charge in [-0.25, -0.2) is 0 Å². The first kappa shape index (κ1) is 19.8. The maximum absolute atomic E-state index is 12.2. The highest BCUT2D eigenvalue weighted by atomic mass is 32.1. The van der Waals surface area contributed by atoms with Crippen molar-refractivity contribution in [2.24, 2.45) is 0 Å². The van der Waals surface area contributed by atoms with Crippen molar-refractivity contribution in [3.8, 4) is 0 Å². The second kappa shape index (κ2) is 8.91. The summed E-state index contributed by atoms with van der Waals surface area (Å²) in [6.45, 7) is 5.04. The predicted octanol–water partition coefficient (Wildman–Crippen LogP) is 4.51. The van der Waals surface area contributed by atoms with Crippen LogP contribution >= 0.6 is 11.5 Å². The predicted molar refractivity (Wildman–Crippen MR) is 125 cm³/mol. The smallest absolute Gasteiger partial charge is 0.291 e. The highest BCUT2D eigenvalue weighted by Crippen LogP contribution is 2.29. The number of anilines is 2. The number of rotatable bonds is 6. The van der Waals surface area contributed by atoms with Crippen LogP contribution in [0.25, 0.3) is 10.1 Å². The van der Waals surface area contributed by atoms with E-state index < -0.39 is 0 Å². The van der Waals surface area contributed by atoms with E-state index in [1.165, 1.54) is 21.9 Å². The molecule has 3 heterocycles. The number of hydrogen-bond donors (Lipinski definition) is 1. The van der Waals surface area contributed by atoms with Crippen LogP contribution in [0.1, 0.15) is 16.1 Å². The number of nitrogens with zero attached hydrogens (tertiary/aromatic N) is 3. The molecule has 0 spiro atoms. The lowest BCUT2D eigenvalue weighted by molar-refractivity contribution is 0.0996. The molecule has 2 aromatic heterocycles. The molecule has 7 heteroatoms. The molecule has 1 fully saturated rings. The van der Waals surface area contributed by atoms with Crippen molar-refractivity contribution in [1.82, 2.24) is 9.27 Å². The highest BCUT2D eigenvalue weighted by Gasteiger charge is 2.20. The lowest BCUT2D eigenvalue weighted by atomic mass is 10.1.